The molecule has 7 heteroatoms. The lowest BCUT2D eigenvalue weighted by Gasteiger charge is -2.37. The van der Waals surface area contributed by atoms with E-state index < -0.39 is 0 Å². The van der Waals surface area contributed by atoms with Gasteiger partial charge < -0.3 is 9.64 Å². The molecule has 7 nitrogen and oxygen atoms in total. The van der Waals surface area contributed by atoms with Crippen molar-refractivity contribution >= 4 is 11.5 Å². The van der Waals surface area contributed by atoms with Crippen LogP contribution in [0.1, 0.15) is 40.9 Å². The van der Waals surface area contributed by atoms with Gasteiger partial charge in [-0.2, -0.15) is 5.10 Å². The maximum Gasteiger partial charge on any atom is 0.180 e. The first-order chi connectivity index (χ1) is 15.7. The van der Waals surface area contributed by atoms with Crippen LogP contribution >= 0.6 is 0 Å². The Labute approximate surface area is 188 Å². The van der Waals surface area contributed by atoms with Gasteiger partial charge in [0.05, 0.1) is 12.7 Å². The van der Waals surface area contributed by atoms with Gasteiger partial charge in [0.15, 0.2) is 11.6 Å². The Hall–Kier alpha value is -3.03. The fraction of sp³-hybridized carbons (Fsp3) is 0.400. The van der Waals surface area contributed by atoms with E-state index in [-0.39, 0.29) is 11.9 Å². The monoisotopic (exact) mass is 431 g/mol. The van der Waals surface area contributed by atoms with E-state index >= 15 is 0 Å². The summed E-state index contributed by atoms with van der Waals surface area (Å²) in [7, 11) is 0. The molecule has 5 rings (SSSR count). The minimum atomic E-state index is 0.113. The van der Waals surface area contributed by atoms with Gasteiger partial charge in [-0.1, -0.05) is 12.1 Å². The molecule has 2 aliphatic rings. The standard InChI is InChI=1S/C25H29N5O2/c1-18(31)19-2-5-22(6-3-19)30-13-11-29(12-14-30)10-8-24-23-7-4-21(25-26-17-27-28-25)16-20(23)9-15-32-24/h2-7,16-17,24H,8-15H2,1H3,(H,26,27,28). The van der Waals surface area contributed by atoms with Crippen molar-refractivity contribution in [3.8, 4) is 11.4 Å². The summed E-state index contributed by atoms with van der Waals surface area (Å²) < 4.78 is 6.14. The zero-order chi connectivity index (χ0) is 21.9. The van der Waals surface area contributed by atoms with E-state index in [2.05, 4.69) is 55.3 Å². The maximum atomic E-state index is 11.5. The number of hydrogen-bond acceptors (Lipinski definition) is 6. The summed E-state index contributed by atoms with van der Waals surface area (Å²) in [5, 5.41) is 6.98. The van der Waals surface area contributed by atoms with Gasteiger partial charge >= 0.3 is 0 Å². The van der Waals surface area contributed by atoms with Gasteiger partial charge in [0.2, 0.25) is 0 Å². The summed E-state index contributed by atoms with van der Waals surface area (Å²) in [6.45, 7) is 7.49. The van der Waals surface area contributed by atoms with Gasteiger partial charge in [0, 0.05) is 49.5 Å². The van der Waals surface area contributed by atoms with Gasteiger partial charge in [0.1, 0.15) is 6.33 Å². The number of aromatic nitrogens is 3. The zero-order valence-electron chi connectivity index (χ0n) is 18.5. The highest BCUT2D eigenvalue weighted by atomic mass is 16.5. The molecule has 0 bridgehead atoms. The van der Waals surface area contributed by atoms with E-state index in [4.69, 9.17) is 4.74 Å². The Morgan fingerprint density at radius 2 is 1.94 bits per heavy atom. The number of H-pyrrole nitrogens is 1. The molecule has 0 saturated carbocycles. The summed E-state index contributed by atoms with van der Waals surface area (Å²) in [5.41, 5.74) is 5.68. The number of ketones is 1. The topological polar surface area (TPSA) is 74.3 Å². The van der Waals surface area contributed by atoms with Crippen LogP contribution in [0, 0.1) is 0 Å². The lowest BCUT2D eigenvalue weighted by atomic mass is 9.93. The number of piperazine rings is 1. The fourth-order valence-corrected chi connectivity index (χ4v) is 4.70. The van der Waals surface area contributed by atoms with Crippen LogP contribution in [0.25, 0.3) is 11.4 Å². The highest BCUT2D eigenvalue weighted by Gasteiger charge is 2.24. The van der Waals surface area contributed by atoms with Crippen molar-refractivity contribution in [2.75, 3.05) is 44.2 Å². The zero-order valence-corrected chi connectivity index (χ0v) is 18.5. The molecule has 1 unspecified atom stereocenters. The van der Waals surface area contributed by atoms with Crippen LogP contribution in [-0.2, 0) is 11.2 Å². The molecule has 0 radical (unpaired) electrons. The molecular weight excluding hydrogens is 402 g/mol. The average Bonchev–Trinajstić information content (AvgIpc) is 3.38. The first kappa shape index (κ1) is 20.8. The highest BCUT2D eigenvalue weighted by Crippen LogP contribution is 2.32. The molecule has 2 aliphatic heterocycles. The van der Waals surface area contributed by atoms with E-state index in [1.807, 2.05) is 12.1 Å². The normalized spacial score (nSPS) is 19.0. The van der Waals surface area contributed by atoms with Gasteiger partial charge in [-0.3, -0.25) is 14.8 Å². The molecule has 0 spiro atoms. The Morgan fingerprint density at radius 1 is 1.12 bits per heavy atom. The number of ether oxygens (including phenoxy) is 1. The molecule has 3 aromatic rings. The van der Waals surface area contributed by atoms with Crippen LogP contribution in [0.2, 0.25) is 0 Å². The Kier molecular flexibility index (Phi) is 6.01. The summed E-state index contributed by atoms with van der Waals surface area (Å²) in [6, 6.07) is 14.5. The number of carbonyl (C=O) groups is 1. The van der Waals surface area contributed by atoms with Crippen LogP contribution < -0.4 is 4.90 Å². The van der Waals surface area contributed by atoms with Crippen molar-refractivity contribution in [3.05, 3.63) is 65.5 Å². The molecule has 166 valence electrons. The average molecular weight is 432 g/mol. The number of Topliss-reactive ketones (excluding diaryl/α,β-unsaturated/α-hetero) is 1. The lowest BCUT2D eigenvalue weighted by molar-refractivity contribution is 0.0289. The predicted molar refractivity (Wildman–Crippen MR) is 124 cm³/mol. The van der Waals surface area contributed by atoms with Gasteiger partial charge in [-0.05, 0) is 61.2 Å². The van der Waals surface area contributed by atoms with Crippen LogP contribution in [0.15, 0.2) is 48.8 Å². The second kappa shape index (κ2) is 9.22. The van der Waals surface area contributed by atoms with Crippen molar-refractivity contribution in [2.45, 2.75) is 25.9 Å². The summed E-state index contributed by atoms with van der Waals surface area (Å²) in [6.07, 6.45) is 3.70. The molecule has 2 aromatic carbocycles. The quantitative estimate of drug-likeness (QED) is 0.602. The molecular formula is C25H29N5O2. The van der Waals surface area contributed by atoms with Crippen molar-refractivity contribution < 1.29 is 9.53 Å². The molecule has 1 atom stereocenters. The number of hydrogen-bond donors (Lipinski definition) is 1. The SMILES string of the molecule is CC(=O)c1ccc(N2CCN(CCC3OCCc4cc(-c5nc[nH]n5)ccc43)CC2)cc1. The second-order valence-electron chi connectivity index (χ2n) is 8.57. The third-order valence-electron chi connectivity index (χ3n) is 6.57. The number of benzene rings is 2. The molecule has 1 fully saturated rings. The first-order valence-corrected chi connectivity index (χ1v) is 11.4. The number of anilines is 1. The van der Waals surface area contributed by atoms with E-state index in [0.29, 0.717) is 0 Å². The van der Waals surface area contributed by atoms with Crippen molar-refractivity contribution in [1.82, 2.24) is 20.1 Å². The van der Waals surface area contributed by atoms with Gasteiger partial charge in [0.25, 0.3) is 0 Å². The van der Waals surface area contributed by atoms with E-state index in [1.165, 1.54) is 16.8 Å². The van der Waals surface area contributed by atoms with Crippen LogP contribution in [0.5, 0.6) is 0 Å². The minimum Gasteiger partial charge on any atom is -0.373 e. The van der Waals surface area contributed by atoms with Crippen LogP contribution in [0.3, 0.4) is 0 Å². The predicted octanol–water partition coefficient (Wildman–Crippen LogP) is 3.50. The van der Waals surface area contributed by atoms with Crippen molar-refractivity contribution in [2.24, 2.45) is 0 Å². The largest absolute Gasteiger partial charge is 0.373 e. The maximum absolute atomic E-state index is 11.5. The fourth-order valence-electron chi connectivity index (χ4n) is 4.70. The molecule has 0 amide bonds. The molecule has 1 aromatic heterocycles. The number of aromatic amines is 1. The lowest BCUT2D eigenvalue weighted by Crippen LogP contribution is -2.47. The van der Waals surface area contributed by atoms with Crippen LogP contribution in [0.4, 0.5) is 5.69 Å². The van der Waals surface area contributed by atoms with Crippen molar-refractivity contribution in [1.29, 1.82) is 0 Å². The highest BCUT2D eigenvalue weighted by molar-refractivity contribution is 5.94. The Balaban J connectivity index is 1.16. The van der Waals surface area contributed by atoms with Crippen molar-refractivity contribution in [3.63, 3.8) is 0 Å². The van der Waals surface area contributed by atoms with E-state index in [0.717, 1.165) is 69.1 Å². The number of nitrogens with one attached hydrogen (secondary N) is 1. The summed E-state index contributed by atoms with van der Waals surface area (Å²) >= 11 is 0. The summed E-state index contributed by atoms with van der Waals surface area (Å²) in [5.74, 6) is 0.853. The van der Waals surface area contributed by atoms with Gasteiger partial charge in [-0.15, -0.1) is 0 Å². The van der Waals surface area contributed by atoms with E-state index in [9.17, 15) is 4.79 Å². The number of carbonyl (C=O) groups excluding carboxylic acids is 1. The van der Waals surface area contributed by atoms with Crippen LogP contribution in [-0.4, -0.2) is 65.2 Å². The molecule has 1 N–H and O–H groups in total. The summed E-state index contributed by atoms with van der Waals surface area (Å²) in [4.78, 5) is 20.7. The third-order valence-corrected chi connectivity index (χ3v) is 6.57. The molecule has 1 saturated heterocycles. The third kappa shape index (κ3) is 4.45. The molecule has 32 heavy (non-hydrogen) atoms. The number of nitrogens with zero attached hydrogens (tertiary/aromatic N) is 4. The van der Waals surface area contributed by atoms with Gasteiger partial charge in [-0.25, -0.2) is 4.98 Å². The number of fused-ring (bicyclic) bond motifs is 1. The second-order valence-corrected chi connectivity index (χ2v) is 8.57. The first-order valence-electron chi connectivity index (χ1n) is 11.4. The van der Waals surface area contributed by atoms with E-state index in [1.54, 1.807) is 13.3 Å². The Bertz CT molecular complexity index is 1060. The molecule has 3 heterocycles. The number of rotatable bonds is 6. The smallest absolute Gasteiger partial charge is 0.180 e. The molecule has 0 aliphatic carbocycles. The Morgan fingerprint density at radius 3 is 2.66 bits per heavy atom. The minimum absolute atomic E-state index is 0.113.